The summed E-state index contributed by atoms with van der Waals surface area (Å²) in [5.41, 5.74) is 0. The second kappa shape index (κ2) is 7.10. The normalized spacial score (nSPS) is 22.3. The molecule has 100 valence electrons. The van der Waals surface area contributed by atoms with Gasteiger partial charge in [0, 0.05) is 12.8 Å². The van der Waals surface area contributed by atoms with Crippen LogP contribution < -0.4 is 0 Å². The minimum Gasteiger partial charge on any atom is -0.393 e. The van der Waals surface area contributed by atoms with E-state index < -0.39 is 5.92 Å². The molecular weight excluding hydrogens is 222 g/mol. The second-order valence-corrected chi connectivity index (χ2v) is 5.19. The molecule has 0 aromatic rings. The lowest BCUT2D eigenvalue weighted by Gasteiger charge is -2.31. The predicted molar refractivity (Wildman–Crippen MR) is 66.2 cm³/mol. The number of hydrogen-bond donors (Lipinski definition) is 1. The van der Waals surface area contributed by atoms with Crippen molar-refractivity contribution in [1.82, 2.24) is 0 Å². The number of hydrogen-bond acceptors (Lipinski definition) is 1. The van der Waals surface area contributed by atoms with Crippen LogP contribution in [-0.4, -0.2) is 17.1 Å². The van der Waals surface area contributed by atoms with Gasteiger partial charge in [-0.2, -0.15) is 0 Å². The molecule has 3 heteroatoms. The van der Waals surface area contributed by atoms with Crippen LogP contribution in [0.4, 0.5) is 8.78 Å². The highest BCUT2D eigenvalue weighted by molar-refractivity contribution is 4.81. The number of aliphatic hydroxyl groups excluding tert-OH is 1. The van der Waals surface area contributed by atoms with Gasteiger partial charge in [-0.3, -0.25) is 0 Å². The number of alkyl halides is 2. The molecule has 0 heterocycles. The molecule has 0 spiro atoms. The summed E-state index contributed by atoms with van der Waals surface area (Å²) in [6.07, 6.45) is 7.33. The SMILES string of the molecule is C=CCCCCCC(O)C1CCC(F)(F)CC1. The van der Waals surface area contributed by atoms with E-state index in [1.807, 2.05) is 6.08 Å². The first kappa shape index (κ1) is 14.6. The highest BCUT2D eigenvalue weighted by atomic mass is 19.3. The molecule has 17 heavy (non-hydrogen) atoms. The fraction of sp³-hybridized carbons (Fsp3) is 0.857. The average molecular weight is 246 g/mol. The van der Waals surface area contributed by atoms with Crippen molar-refractivity contribution in [1.29, 1.82) is 0 Å². The molecule has 0 amide bonds. The number of allylic oxidation sites excluding steroid dienone is 1. The van der Waals surface area contributed by atoms with Gasteiger partial charge in [-0.1, -0.05) is 18.9 Å². The third kappa shape index (κ3) is 5.62. The molecule has 1 nitrogen and oxygen atoms in total. The first-order chi connectivity index (χ1) is 8.05. The molecule has 0 aliphatic heterocycles. The maximum absolute atomic E-state index is 12.9. The van der Waals surface area contributed by atoms with Gasteiger partial charge in [0.25, 0.3) is 0 Å². The zero-order chi connectivity index (χ0) is 12.7. The second-order valence-electron chi connectivity index (χ2n) is 5.19. The zero-order valence-corrected chi connectivity index (χ0v) is 10.5. The topological polar surface area (TPSA) is 20.2 Å². The van der Waals surface area contributed by atoms with E-state index in [2.05, 4.69) is 6.58 Å². The van der Waals surface area contributed by atoms with E-state index in [4.69, 9.17) is 0 Å². The van der Waals surface area contributed by atoms with Gasteiger partial charge in [0.1, 0.15) is 0 Å². The Hall–Kier alpha value is -0.440. The molecule has 1 unspecified atom stereocenters. The largest absolute Gasteiger partial charge is 0.393 e. The van der Waals surface area contributed by atoms with E-state index in [1.165, 1.54) is 0 Å². The van der Waals surface area contributed by atoms with Crippen LogP contribution in [0.25, 0.3) is 0 Å². The molecule has 0 saturated heterocycles. The Balaban J connectivity index is 2.11. The molecule has 1 fully saturated rings. The lowest BCUT2D eigenvalue weighted by molar-refractivity contribution is -0.0631. The molecule has 0 aromatic heterocycles. The van der Waals surface area contributed by atoms with Crippen molar-refractivity contribution in [3.05, 3.63) is 12.7 Å². The van der Waals surface area contributed by atoms with Crippen LogP contribution in [0.2, 0.25) is 0 Å². The predicted octanol–water partition coefficient (Wildman–Crippen LogP) is 4.31. The number of unbranched alkanes of at least 4 members (excludes halogenated alkanes) is 3. The summed E-state index contributed by atoms with van der Waals surface area (Å²) in [4.78, 5) is 0. The zero-order valence-electron chi connectivity index (χ0n) is 10.5. The molecule has 1 rings (SSSR count). The molecule has 1 aliphatic rings. The summed E-state index contributed by atoms with van der Waals surface area (Å²) in [5, 5.41) is 9.94. The Bertz CT molecular complexity index is 218. The minimum absolute atomic E-state index is 0.0504. The van der Waals surface area contributed by atoms with Crippen molar-refractivity contribution in [2.75, 3.05) is 0 Å². The first-order valence-electron chi connectivity index (χ1n) is 6.72. The van der Waals surface area contributed by atoms with Crippen molar-refractivity contribution >= 4 is 0 Å². The summed E-state index contributed by atoms with van der Waals surface area (Å²) >= 11 is 0. The molecule has 1 aliphatic carbocycles. The maximum atomic E-state index is 12.9. The maximum Gasteiger partial charge on any atom is 0.248 e. The van der Waals surface area contributed by atoms with Gasteiger partial charge in [0.05, 0.1) is 6.10 Å². The standard InChI is InChI=1S/C14H24F2O/c1-2-3-4-5-6-7-13(17)12-8-10-14(15,16)11-9-12/h2,12-13,17H,1,3-11H2. The molecule has 1 saturated carbocycles. The van der Waals surface area contributed by atoms with E-state index in [1.54, 1.807) is 0 Å². The van der Waals surface area contributed by atoms with Crippen molar-refractivity contribution < 1.29 is 13.9 Å². The fourth-order valence-electron chi connectivity index (χ4n) is 2.50. The van der Waals surface area contributed by atoms with Gasteiger partial charge < -0.3 is 5.11 Å². The molecule has 0 aromatic carbocycles. The average Bonchev–Trinajstić information content (AvgIpc) is 2.28. The quantitative estimate of drug-likeness (QED) is 0.524. The monoisotopic (exact) mass is 246 g/mol. The Labute approximate surface area is 103 Å². The number of aliphatic hydroxyl groups is 1. The molecule has 0 bridgehead atoms. The number of halogens is 2. The van der Waals surface area contributed by atoms with Crippen molar-refractivity contribution in [3.8, 4) is 0 Å². The summed E-state index contributed by atoms with van der Waals surface area (Å²) in [6, 6.07) is 0. The van der Waals surface area contributed by atoms with Gasteiger partial charge >= 0.3 is 0 Å². The van der Waals surface area contributed by atoms with Crippen LogP contribution in [-0.2, 0) is 0 Å². The van der Waals surface area contributed by atoms with Gasteiger partial charge in [0.2, 0.25) is 5.92 Å². The summed E-state index contributed by atoms with van der Waals surface area (Å²) in [7, 11) is 0. The Morgan fingerprint density at radius 2 is 1.88 bits per heavy atom. The third-order valence-corrected chi connectivity index (χ3v) is 3.71. The van der Waals surface area contributed by atoms with Gasteiger partial charge in [-0.15, -0.1) is 6.58 Å². The summed E-state index contributed by atoms with van der Waals surface area (Å²) in [5.74, 6) is -2.39. The van der Waals surface area contributed by atoms with E-state index in [9.17, 15) is 13.9 Å². The molecular formula is C14H24F2O. The van der Waals surface area contributed by atoms with E-state index >= 15 is 0 Å². The van der Waals surface area contributed by atoms with Gasteiger partial charge in [-0.05, 0) is 38.0 Å². The third-order valence-electron chi connectivity index (χ3n) is 3.71. The first-order valence-corrected chi connectivity index (χ1v) is 6.72. The lowest BCUT2D eigenvalue weighted by atomic mass is 9.82. The van der Waals surface area contributed by atoms with E-state index in [0.29, 0.717) is 12.8 Å². The highest BCUT2D eigenvalue weighted by Crippen LogP contribution is 2.38. The van der Waals surface area contributed by atoms with Gasteiger partial charge in [0.15, 0.2) is 0 Å². The Kier molecular flexibility index (Phi) is 6.10. The fourth-order valence-corrected chi connectivity index (χ4v) is 2.50. The van der Waals surface area contributed by atoms with Crippen molar-refractivity contribution in [2.45, 2.75) is 69.8 Å². The molecule has 1 atom stereocenters. The van der Waals surface area contributed by atoms with E-state index in [-0.39, 0.29) is 24.9 Å². The van der Waals surface area contributed by atoms with Crippen LogP contribution in [0, 0.1) is 5.92 Å². The minimum atomic E-state index is -2.49. The van der Waals surface area contributed by atoms with Crippen LogP contribution in [0.1, 0.15) is 57.8 Å². The Morgan fingerprint density at radius 3 is 2.47 bits per heavy atom. The van der Waals surface area contributed by atoms with Crippen molar-refractivity contribution in [3.63, 3.8) is 0 Å². The summed E-state index contributed by atoms with van der Waals surface area (Å²) < 4.78 is 25.9. The number of rotatable bonds is 7. The van der Waals surface area contributed by atoms with Gasteiger partial charge in [-0.25, -0.2) is 8.78 Å². The molecule has 0 radical (unpaired) electrons. The highest BCUT2D eigenvalue weighted by Gasteiger charge is 2.36. The Morgan fingerprint density at radius 1 is 1.24 bits per heavy atom. The smallest absolute Gasteiger partial charge is 0.248 e. The lowest BCUT2D eigenvalue weighted by Crippen LogP contribution is -2.31. The van der Waals surface area contributed by atoms with Crippen molar-refractivity contribution in [2.24, 2.45) is 5.92 Å². The van der Waals surface area contributed by atoms with Crippen LogP contribution in [0.3, 0.4) is 0 Å². The van der Waals surface area contributed by atoms with Crippen LogP contribution >= 0.6 is 0 Å². The van der Waals surface area contributed by atoms with Crippen LogP contribution in [0.15, 0.2) is 12.7 Å². The summed E-state index contributed by atoms with van der Waals surface area (Å²) in [6.45, 7) is 3.66. The molecule has 1 N–H and O–H groups in total. The van der Waals surface area contributed by atoms with Crippen LogP contribution in [0.5, 0.6) is 0 Å². The van der Waals surface area contributed by atoms with E-state index in [0.717, 1.165) is 32.1 Å².